The molecular weight excluding hydrogens is 471 g/mol. The molecule has 0 spiro atoms. The van der Waals surface area contributed by atoms with E-state index >= 15 is 0 Å². The van der Waals surface area contributed by atoms with Crippen LogP contribution in [-0.2, 0) is 15.7 Å². The second-order valence-electron chi connectivity index (χ2n) is 9.60. The third kappa shape index (κ3) is 5.77. The summed E-state index contributed by atoms with van der Waals surface area (Å²) >= 11 is 0. The molecule has 0 aliphatic carbocycles. The highest BCUT2D eigenvalue weighted by atomic mass is 31.2. The van der Waals surface area contributed by atoms with Gasteiger partial charge >= 0.3 is 6.09 Å². The van der Waals surface area contributed by atoms with E-state index < -0.39 is 24.9 Å². The van der Waals surface area contributed by atoms with E-state index in [1.54, 1.807) is 6.92 Å². The van der Waals surface area contributed by atoms with E-state index in [1.165, 1.54) is 0 Å². The van der Waals surface area contributed by atoms with Crippen LogP contribution in [0, 0.1) is 6.92 Å². The molecule has 36 heavy (non-hydrogen) atoms. The molecule has 0 saturated carbocycles. The van der Waals surface area contributed by atoms with Crippen molar-refractivity contribution in [2.75, 3.05) is 0 Å². The number of oxazole rings is 1. The van der Waals surface area contributed by atoms with E-state index in [9.17, 15) is 9.36 Å². The summed E-state index contributed by atoms with van der Waals surface area (Å²) < 4.78 is 26.4. The number of benzene rings is 3. The molecule has 4 aromatic rings. The molecule has 0 unspecified atom stereocenters. The summed E-state index contributed by atoms with van der Waals surface area (Å²) in [7, 11) is -3.33. The minimum Gasteiger partial charge on any atom is -0.444 e. The highest BCUT2D eigenvalue weighted by molar-refractivity contribution is 7.85. The quantitative estimate of drug-likeness (QED) is 0.341. The van der Waals surface area contributed by atoms with Gasteiger partial charge < -0.3 is 19.0 Å². The maximum Gasteiger partial charge on any atom is 0.408 e. The van der Waals surface area contributed by atoms with Crippen molar-refractivity contribution in [3.05, 3.63) is 108 Å². The summed E-state index contributed by atoms with van der Waals surface area (Å²) in [6, 6.07) is 27.8. The van der Waals surface area contributed by atoms with E-state index in [0.29, 0.717) is 28.2 Å². The molecule has 0 aliphatic rings. The number of alkyl carbamates (subject to hydrolysis) is 1. The average molecular weight is 503 g/mol. The Morgan fingerprint density at radius 1 is 0.917 bits per heavy atom. The third-order valence-electron chi connectivity index (χ3n) is 5.60. The second-order valence-corrected chi connectivity index (χ2v) is 12.3. The number of aryl methyl sites for hydroxylation is 1. The van der Waals surface area contributed by atoms with Crippen LogP contribution in [0.25, 0.3) is 0 Å². The van der Waals surface area contributed by atoms with Crippen molar-refractivity contribution in [2.45, 2.75) is 45.8 Å². The Hall–Kier alpha value is -3.63. The fourth-order valence-corrected chi connectivity index (χ4v) is 6.72. The number of amides is 1. The number of ether oxygens (including phenoxy) is 1. The van der Waals surface area contributed by atoms with Crippen LogP contribution in [0.2, 0.25) is 0 Å². The van der Waals surface area contributed by atoms with Crippen LogP contribution in [0.15, 0.2) is 95.4 Å². The van der Waals surface area contributed by atoms with E-state index in [-0.39, 0.29) is 5.89 Å². The first-order chi connectivity index (χ1) is 17.2. The molecule has 1 amide bonds. The minimum absolute atomic E-state index is 0.282. The van der Waals surface area contributed by atoms with E-state index in [2.05, 4.69) is 5.32 Å². The molecule has 7 heteroatoms. The fourth-order valence-electron chi connectivity index (χ4n) is 4.02. The van der Waals surface area contributed by atoms with Gasteiger partial charge in [-0.15, -0.1) is 0 Å². The minimum atomic E-state index is -3.33. The normalized spacial score (nSPS) is 12.7. The zero-order valence-electron chi connectivity index (χ0n) is 21.0. The molecule has 0 aliphatic heterocycles. The first-order valence-electron chi connectivity index (χ1n) is 11.9. The van der Waals surface area contributed by atoms with Crippen molar-refractivity contribution in [3.8, 4) is 0 Å². The van der Waals surface area contributed by atoms with Crippen LogP contribution in [0.4, 0.5) is 4.79 Å². The summed E-state index contributed by atoms with van der Waals surface area (Å²) in [5, 5.41) is 4.23. The number of hydrogen-bond donors (Lipinski definition) is 1. The van der Waals surface area contributed by atoms with E-state index in [4.69, 9.17) is 14.1 Å². The predicted molar refractivity (Wildman–Crippen MR) is 143 cm³/mol. The molecule has 0 radical (unpaired) electrons. The summed E-state index contributed by atoms with van der Waals surface area (Å²) in [6.07, 6.45) is -0.143. The second kappa shape index (κ2) is 10.5. The standard InChI is InChI=1S/C29H31N2O4P/c1-21-27(36(33,23-16-10-6-11-17-23)24-18-12-7-13-19-24)31-26(34-21)25(20-22-14-8-5-9-15-22)30-28(32)35-29(2,3)4/h5-19,25H,20H2,1-4H3,(H,30,32)/t25-/m0/s1. The van der Waals surface area contributed by atoms with Crippen molar-refractivity contribution >= 4 is 29.3 Å². The summed E-state index contributed by atoms with van der Waals surface area (Å²) in [5.41, 5.74) is 0.708. The summed E-state index contributed by atoms with van der Waals surface area (Å²) in [5.74, 6) is 0.731. The smallest absolute Gasteiger partial charge is 0.408 e. The fraction of sp³-hybridized carbons (Fsp3) is 0.241. The number of aromatic nitrogens is 1. The lowest BCUT2D eigenvalue weighted by Gasteiger charge is -2.22. The highest BCUT2D eigenvalue weighted by Crippen LogP contribution is 2.43. The third-order valence-corrected chi connectivity index (χ3v) is 8.66. The van der Waals surface area contributed by atoms with E-state index in [1.807, 2.05) is 112 Å². The number of hydrogen-bond acceptors (Lipinski definition) is 5. The SMILES string of the molecule is Cc1oc([C@H](Cc2ccccc2)NC(=O)OC(C)(C)C)nc1P(=O)(c1ccccc1)c1ccccc1. The zero-order chi connectivity index (χ0) is 25.8. The maximum absolute atomic E-state index is 14.8. The van der Waals surface area contributed by atoms with E-state index in [0.717, 1.165) is 5.56 Å². The van der Waals surface area contributed by atoms with Crippen molar-refractivity contribution in [1.29, 1.82) is 0 Å². The molecule has 1 heterocycles. The number of carbonyl (C=O) groups excluding carboxylic acids is 1. The predicted octanol–water partition coefficient (Wildman–Crippen LogP) is 5.43. The van der Waals surface area contributed by atoms with Gasteiger partial charge in [0.15, 0.2) is 7.14 Å². The molecule has 0 saturated heterocycles. The van der Waals surface area contributed by atoms with Gasteiger partial charge in [-0.2, -0.15) is 0 Å². The molecule has 186 valence electrons. The van der Waals surface area contributed by atoms with Gasteiger partial charge in [0.05, 0.1) is 0 Å². The number of nitrogens with one attached hydrogen (secondary N) is 1. The van der Waals surface area contributed by atoms with Gasteiger partial charge in [-0.05, 0) is 33.3 Å². The summed E-state index contributed by atoms with van der Waals surface area (Å²) in [4.78, 5) is 17.5. The maximum atomic E-state index is 14.8. The molecule has 1 N–H and O–H groups in total. The number of carbonyl (C=O) groups is 1. The summed E-state index contributed by atoms with van der Waals surface area (Å²) in [6.45, 7) is 7.18. The lowest BCUT2D eigenvalue weighted by Crippen LogP contribution is -2.36. The van der Waals surface area contributed by atoms with Crippen molar-refractivity contribution in [2.24, 2.45) is 0 Å². The van der Waals surface area contributed by atoms with Gasteiger partial charge in [0.25, 0.3) is 0 Å². The molecule has 4 rings (SSSR count). The van der Waals surface area contributed by atoms with Gasteiger partial charge in [0.1, 0.15) is 22.8 Å². The monoisotopic (exact) mass is 502 g/mol. The van der Waals surface area contributed by atoms with Gasteiger partial charge in [-0.25, -0.2) is 9.78 Å². The Labute approximate surface area is 212 Å². The van der Waals surface area contributed by atoms with Crippen LogP contribution in [0.1, 0.15) is 44.0 Å². The van der Waals surface area contributed by atoms with Crippen molar-refractivity contribution in [1.82, 2.24) is 10.3 Å². The zero-order valence-corrected chi connectivity index (χ0v) is 21.9. The van der Waals surface area contributed by atoms with Crippen LogP contribution < -0.4 is 21.4 Å². The Balaban J connectivity index is 1.78. The first kappa shape index (κ1) is 25.5. The molecule has 6 nitrogen and oxygen atoms in total. The molecule has 0 fully saturated rings. The molecular formula is C29H31N2O4P. The first-order valence-corrected chi connectivity index (χ1v) is 13.6. The highest BCUT2D eigenvalue weighted by Gasteiger charge is 2.36. The number of rotatable bonds is 7. The molecule has 0 bridgehead atoms. The lowest BCUT2D eigenvalue weighted by molar-refractivity contribution is 0.0495. The van der Waals surface area contributed by atoms with Gasteiger partial charge in [0.2, 0.25) is 5.89 Å². The van der Waals surface area contributed by atoms with Gasteiger partial charge in [-0.3, -0.25) is 0 Å². The molecule has 1 aromatic heterocycles. The van der Waals surface area contributed by atoms with Crippen LogP contribution in [0.5, 0.6) is 0 Å². The Kier molecular flexibility index (Phi) is 7.46. The van der Waals surface area contributed by atoms with Crippen molar-refractivity contribution in [3.63, 3.8) is 0 Å². The lowest BCUT2D eigenvalue weighted by atomic mass is 10.1. The van der Waals surface area contributed by atoms with Gasteiger partial charge in [-0.1, -0.05) is 91.0 Å². The molecule has 1 atom stereocenters. The van der Waals surface area contributed by atoms with Crippen LogP contribution in [0.3, 0.4) is 0 Å². The Bertz CT molecular complexity index is 1300. The molecule has 3 aromatic carbocycles. The average Bonchev–Trinajstić information content (AvgIpc) is 3.26. The topological polar surface area (TPSA) is 81.4 Å². The van der Waals surface area contributed by atoms with Crippen LogP contribution >= 0.6 is 7.14 Å². The van der Waals surface area contributed by atoms with Crippen LogP contribution in [-0.4, -0.2) is 16.7 Å². The van der Waals surface area contributed by atoms with Crippen molar-refractivity contribution < 1.29 is 18.5 Å². The number of nitrogens with zero attached hydrogens (tertiary/aromatic N) is 1. The Morgan fingerprint density at radius 3 is 1.92 bits per heavy atom. The largest absolute Gasteiger partial charge is 0.444 e. The van der Waals surface area contributed by atoms with Gasteiger partial charge in [0, 0.05) is 17.0 Å². The Morgan fingerprint density at radius 2 is 1.42 bits per heavy atom.